The van der Waals surface area contributed by atoms with E-state index in [1.807, 2.05) is 20.8 Å². The molecule has 13 heteroatoms. The number of nitrogens with one attached hydrogen (secondary N) is 1. The number of nitrogens with zero attached hydrogens (tertiary/aromatic N) is 5. The van der Waals surface area contributed by atoms with Crippen LogP contribution in [0.2, 0.25) is 0 Å². The van der Waals surface area contributed by atoms with Crippen LogP contribution in [-0.2, 0) is 4.74 Å². The molecule has 39 heavy (non-hydrogen) atoms. The zero-order valence-corrected chi connectivity index (χ0v) is 23.6. The lowest BCUT2D eigenvalue weighted by Gasteiger charge is -2.33. The number of amides is 1. The minimum atomic E-state index is -0.270. The second-order valence-electron chi connectivity index (χ2n) is 8.69. The van der Waals surface area contributed by atoms with E-state index in [0.29, 0.717) is 54.3 Å². The van der Waals surface area contributed by atoms with Gasteiger partial charge >= 0.3 is 6.01 Å². The quantitative estimate of drug-likeness (QED) is 0.172. The van der Waals surface area contributed by atoms with Crippen molar-refractivity contribution in [3.63, 3.8) is 0 Å². The van der Waals surface area contributed by atoms with Crippen LogP contribution in [0, 0.1) is 5.92 Å². The molecule has 1 saturated heterocycles. The number of hydrazine groups is 1. The van der Waals surface area contributed by atoms with Crippen LogP contribution in [0.15, 0.2) is 24.5 Å². The Labute approximate surface area is 230 Å². The maximum Gasteiger partial charge on any atom is 0.319 e. The Balaban J connectivity index is 0.00000260. The first-order valence-corrected chi connectivity index (χ1v) is 13.2. The van der Waals surface area contributed by atoms with Gasteiger partial charge in [-0.25, -0.2) is 10.8 Å². The molecule has 0 aromatic carbocycles. The molecule has 13 nitrogen and oxygen atoms in total. The summed E-state index contributed by atoms with van der Waals surface area (Å²) in [7, 11) is 3.27. The number of nitrogen functional groups attached to an aromatic ring is 1. The number of ether oxygens (including phenoxy) is 3. The summed E-state index contributed by atoms with van der Waals surface area (Å²) in [6, 6.07) is 3.61. The molecule has 0 aliphatic carbocycles. The second kappa shape index (κ2) is 16.2. The average molecular weight is 546 g/mol. The zero-order valence-electron chi connectivity index (χ0n) is 23.6. The Morgan fingerprint density at radius 1 is 1.21 bits per heavy atom. The van der Waals surface area contributed by atoms with Crippen molar-refractivity contribution in [1.82, 2.24) is 25.3 Å². The van der Waals surface area contributed by atoms with E-state index in [0.717, 1.165) is 25.9 Å². The minimum absolute atomic E-state index is 0.151. The van der Waals surface area contributed by atoms with Crippen LogP contribution < -0.4 is 37.0 Å². The van der Waals surface area contributed by atoms with Crippen LogP contribution in [-0.4, -0.2) is 79.5 Å². The number of pyridine rings is 1. The van der Waals surface area contributed by atoms with Crippen LogP contribution in [0.1, 0.15) is 49.7 Å². The number of carbonyl (C=O) groups excluding carboxylic acids is 1. The number of methoxy groups -OCH3 is 1. The maximum atomic E-state index is 12.4. The van der Waals surface area contributed by atoms with Gasteiger partial charge in [0, 0.05) is 57.8 Å². The van der Waals surface area contributed by atoms with Gasteiger partial charge in [-0.3, -0.25) is 4.79 Å². The minimum Gasteiger partial charge on any atom is -0.489 e. The first-order valence-electron chi connectivity index (χ1n) is 13.2. The SMILES string of the molecule is CC.CCNC(=O)c1cc(N2CCC(COc3cc(/C(N)=C/N(C)N)cnc3N)CC2)nc(OCCOC)n1. The maximum absolute atomic E-state index is 12.4. The number of piperidine rings is 1. The molecule has 0 unspecified atom stereocenters. The Hall–Kier alpha value is -3.84. The first kappa shape index (κ1) is 31.4. The molecule has 1 amide bonds. The van der Waals surface area contributed by atoms with Crippen LogP contribution >= 0.6 is 0 Å². The number of hydrogen-bond acceptors (Lipinski definition) is 12. The summed E-state index contributed by atoms with van der Waals surface area (Å²) in [6.45, 7) is 9.01. The Bertz CT molecular complexity index is 1070. The Kier molecular flexibility index (Phi) is 13.0. The molecular formula is C26H43N9O4. The topological polar surface area (TPSA) is 180 Å². The van der Waals surface area contributed by atoms with Gasteiger partial charge in [-0.15, -0.1) is 0 Å². The van der Waals surface area contributed by atoms with Crippen molar-refractivity contribution in [2.45, 2.75) is 33.6 Å². The van der Waals surface area contributed by atoms with E-state index in [4.69, 9.17) is 31.5 Å². The summed E-state index contributed by atoms with van der Waals surface area (Å²) < 4.78 is 16.6. The van der Waals surface area contributed by atoms with E-state index in [-0.39, 0.29) is 24.2 Å². The van der Waals surface area contributed by atoms with E-state index in [1.165, 1.54) is 5.01 Å². The normalized spacial score (nSPS) is 13.8. The molecule has 1 fully saturated rings. The predicted octanol–water partition coefficient (Wildman–Crippen LogP) is 1.61. The molecule has 0 saturated carbocycles. The van der Waals surface area contributed by atoms with E-state index >= 15 is 0 Å². The molecule has 7 N–H and O–H groups in total. The fourth-order valence-electron chi connectivity index (χ4n) is 3.78. The molecule has 216 valence electrons. The molecule has 3 rings (SSSR count). The van der Waals surface area contributed by atoms with Gasteiger partial charge < -0.3 is 40.9 Å². The summed E-state index contributed by atoms with van der Waals surface area (Å²) >= 11 is 0. The van der Waals surface area contributed by atoms with Crippen molar-refractivity contribution in [2.24, 2.45) is 17.5 Å². The molecule has 3 heterocycles. The number of anilines is 2. The molecule has 0 bridgehead atoms. The van der Waals surface area contributed by atoms with Crippen molar-refractivity contribution >= 4 is 23.2 Å². The van der Waals surface area contributed by atoms with Crippen molar-refractivity contribution in [3.05, 3.63) is 35.8 Å². The van der Waals surface area contributed by atoms with Gasteiger partial charge in [0.1, 0.15) is 18.1 Å². The monoisotopic (exact) mass is 545 g/mol. The van der Waals surface area contributed by atoms with Gasteiger partial charge in [-0.05, 0) is 31.7 Å². The first-order chi connectivity index (χ1) is 18.8. The fraction of sp³-hybridized carbons (Fsp3) is 0.538. The number of nitrogens with two attached hydrogens (primary N) is 3. The number of carbonyl (C=O) groups is 1. The highest BCUT2D eigenvalue weighted by atomic mass is 16.5. The fourth-order valence-corrected chi connectivity index (χ4v) is 3.78. The van der Waals surface area contributed by atoms with E-state index in [9.17, 15) is 4.79 Å². The third-order valence-electron chi connectivity index (χ3n) is 5.75. The third kappa shape index (κ3) is 9.76. The van der Waals surface area contributed by atoms with Gasteiger partial charge in [0.05, 0.1) is 18.9 Å². The predicted molar refractivity (Wildman–Crippen MR) is 152 cm³/mol. The molecule has 2 aromatic rings. The summed E-state index contributed by atoms with van der Waals surface area (Å²) in [5.74, 6) is 7.11. The summed E-state index contributed by atoms with van der Waals surface area (Å²) in [4.78, 5) is 27.5. The van der Waals surface area contributed by atoms with Crippen molar-refractivity contribution in [3.8, 4) is 11.8 Å². The number of aromatic nitrogens is 3. The van der Waals surface area contributed by atoms with Gasteiger partial charge in [0.2, 0.25) is 0 Å². The highest BCUT2D eigenvalue weighted by Crippen LogP contribution is 2.27. The lowest BCUT2D eigenvalue weighted by molar-refractivity contribution is 0.0948. The second-order valence-corrected chi connectivity index (χ2v) is 8.69. The smallest absolute Gasteiger partial charge is 0.319 e. The number of hydrogen-bond donors (Lipinski definition) is 4. The van der Waals surface area contributed by atoms with Crippen molar-refractivity contribution < 1.29 is 19.0 Å². The largest absolute Gasteiger partial charge is 0.489 e. The Morgan fingerprint density at radius 2 is 1.92 bits per heavy atom. The van der Waals surface area contributed by atoms with Crippen LogP contribution in [0.4, 0.5) is 11.6 Å². The van der Waals surface area contributed by atoms with E-state index in [1.54, 1.807) is 38.7 Å². The molecule has 1 aliphatic heterocycles. The molecule has 1 aliphatic rings. The third-order valence-corrected chi connectivity index (χ3v) is 5.75. The molecule has 0 spiro atoms. The van der Waals surface area contributed by atoms with Crippen molar-refractivity contribution in [2.75, 3.05) is 64.2 Å². The van der Waals surface area contributed by atoms with E-state index in [2.05, 4.69) is 25.2 Å². The van der Waals surface area contributed by atoms with Gasteiger partial charge in [0.25, 0.3) is 5.91 Å². The average Bonchev–Trinajstić information content (AvgIpc) is 2.93. The summed E-state index contributed by atoms with van der Waals surface area (Å²) in [5.41, 5.74) is 13.5. The lowest BCUT2D eigenvalue weighted by Crippen LogP contribution is -2.36. The van der Waals surface area contributed by atoms with Crippen LogP contribution in [0.5, 0.6) is 11.8 Å². The van der Waals surface area contributed by atoms with Crippen LogP contribution in [0.3, 0.4) is 0 Å². The summed E-state index contributed by atoms with van der Waals surface area (Å²) in [6.07, 6.45) is 4.91. The zero-order chi connectivity index (χ0) is 28.8. The van der Waals surface area contributed by atoms with Gasteiger partial charge in [-0.2, -0.15) is 9.97 Å². The molecule has 0 radical (unpaired) electrons. The lowest BCUT2D eigenvalue weighted by atomic mass is 9.98. The van der Waals surface area contributed by atoms with Gasteiger partial charge in [0.15, 0.2) is 11.6 Å². The molecule has 2 aromatic heterocycles. The number of rotatable bonds is 12. The highest BCUT2D eigenvalue weighted by molar-refractivity contribution is 5.93. The van der Waals surface area contributed by atoms with Crippen molar-refractivity contribution in [1.29, 1.82) is 0 Å². The van der Waals surface area contributed by atoms with Gasteiger partial charge in [-0.1, -0.05) is 13.8 Å². The summed E-state index contributed by atoms with van der Waals surface area (Å²) in [5, 5.41) is 4.14. The molecular weight excluding hydrogens is 502 g/mol. The Morgan fingerprint density at radius 3 is 2.56 bits per heavy atom. The van der Waals surface area contributed by atoms with Crippen LogP contribution in [0.25, 0.3) is 5.70 Å². The van der Waals surface area contributed by atoms with E-state index < -0.39 is 0 Å². The highest BCUT2D eigenvalue weighted by Gasteiger charge is 2.23. The standard InChI is InChI=1S/C24H37N9O4.C2H6/c1-4-28-23(34)19-12-21(31-24(30-19)36-10-9-35-3)33-7-5-16(6-8-33)15-37-20-11-17(13-29-22(20)26)18(25)14-32(2)27;1-2/h11-14,16H,4-10,15,25,27H2,1-3H3,(H2,26,29)(H,28,34);1-2H3/b18-14-;. The molecule has 0 atom stereocenters.